The van der Waals surface area contributed by atoms with Crippen LogP contribution in [0.3, 0.4) is 0 Å². The van der Waals surface area contributed by atoms with E-state index in [1.165, 1.54) is 12.1 Å². The second-order valence-corrected chi connectivity index (χ2v) is 9.88. The van der Waals surface area contributed by atoms with Crippen LogP contribution in [0.25, 0.3) is 0 Å². The topological polar surface area (TPSA) is 51.5 Å². The van der Waals surface area contributed by atoms with Gasteiger partial charge < -0.3 is 9.64 Å². The van der Waals surface area contributed by atoms with Gasteiger partial charge in [0.25, 0.3) is 5.56 Å². The molecule has 0 N–H and O–H groups in total. The summed E-state index contributed by atoms with van der Waals surface area (Å²) >= 11 is 3.21. The summed E-state index contributed by atoms with van der Waals surface area (Å²) in [6.45, 7) is 5.32. The van der Waals surface area contributed by atoms with E-state index in [9.17, 15) is 27.2 Å². The minimum absolute atomic E-state index is 0.00923. The quantitative estimate of drug-likeness (QED) is 0.362. The molecule has 1 atom stereocenters. The van der Waals surface area contributed by atoms with Gasteiger partial charge in [0.1, 0.15) is 11.4 Å². The number of esters is 1. The zero-order valence-corrected chi connectivity index (χ0v) is 20.7. The normalized spacial score (nSPS) is 13.3. The Labute approximate surface area is 198 Å². The fraction of sp³-hybridized carbons (Fsp3) is 0.478. The zero-order valence-electron chi connectivity index (χ0n) is 19.1. The van der Waals surface area contributed by atoms with Gasteiger partial charge in [0.2, 0.25) is 0 Å². The summed E-state index contributed by atoms with van der Waals surface area (Å²) in [5, 5.41) is 0. The molecule has 5 nitrogen and oxygen atoms in total. The van der Waals surface area contributed by atoms with Crippen LogP contribution in [0.15, 0.2) is 39.7 Å². The Morgan fingerprint density at radius 1 is 1.18 bits per heavy atom. The zero-order chi connectivity index (χ0) is 25.1. The fourth-order valence-corrected chi connectivity index (χ4v) is 3.69. The molecule has 1 aromatic heterocycles. The molecule has 0 aliphatic heterocycles. The van der Waals surface area contributed by atoms with E-state index in [2.05, 4.69) is 15.9 Å². The van der Waals surface area contributed by atoms with E-state index in [1.807, 2.05) is 4.90 Å². The number of carbonyl (C=O) groups is 1. The highest BCUT2D eigenvalue weighted by atomic mass is 79.9. The summed E-state index contributed by atoms with van der Waals surface area (Å²) in [4.78, 5) is 27.7. The number of aryl methyl sites for hydroxylation is 1. The van der Waals surface area contributed by atoms with E-state index < -0.39 is 40.7 Å². The van der Waals surface area contributed by atoms with Gasteiger partial charge in [-0.1, -0.05) is 15.9 Å². The maximum atomic E-state index is 14.8. The molecule has 1 heterocycles. The van der Waals surface area contributed by atoms with Gasteiger partial charge in [-0.15, -0.1) is 0 Å². The Morgan fingerprint density at radius 3 is 2.36 bits per heavy atom. The van der Waals surface area contributed by atoms with Gasteiger partial charge in [-0.05, 0) is 78.0 Å². The Hall–Kier alpha value is -2.20. The van der Waals surface area contributed by atoms with Crippen molar-refractivity contribution in [2.45, 2.75) is 51.4 Å². The molecule has 0 amide bonds. The first kappa shape index (κ1) is 27.0. The van der Waals surface area contributed by atoms with Gasteiger partial charge in [-0.3, -0.25) is 9.36 Å². The van der Waals surface area contributed by atoms with Gasteiger partial charge in [0, 0.05) is 22.3 Å². The van der Waals surface area contributed by atoms with Crippen LogP contribution in [0.4, 0.5) is 17.6 Å². The van der Waals surface area contributed by atoms with Crippen LogP contribution >= 0.6 is 15.9 Å². The molecule has 0 spiro atoms. The number of carbonyl (C=O) groups excluding carboxylic acids is 1. The van der Waals surface area contributed by atoms with Crippen molar-refractivity contribution in [1.82, 2.24) is 9.47 Å². The molecular formula is C23H27BrF4N2O3. The molecule has 1 aromatic carbocycles. The van der Waals surface area contributed by atoms with Crippen molar-refractivity contribution in [3.05, 3.63) is 67.8 Å². The van der Waals surface area contributed by atoms with Gasteiger partial charge in [0.05, 0.1) is 5.56 Å². The number of ether oxygens (including phenoxy) is 1. The molecule has 0 fully saturated rings. The fourth-order valence-electron chi connectivity index (χ4n) is 3.31. The van der Waals surface area contributed by atoms with Crippen molar-refractivity contribution in [2.75, 3.05) is 20.6 Å². The van der Waals surface area contributed by atoms with Crippen molar-refractivity contribution in [3.8, 4) is 0 Å². The first-order chi connectivity index (χ1) is 15.1. The van der Waals surface area contributed by atoms with Crippen molar-refractivity contribution in [1.29, 1.82) is 0 Å². The Morgan fingerprint density at radius 2 is 1.82 bits per heavy atom. The number of alkyl halides is 3. The number of halogens is 5. The Balaban J connectivity index is 2.72. The minimum atomic E-state index is -4.76. The summed E-state index contributed by atoms with van der Waals surface area (Å²) in [6.07, 6.45) is -3.37. The maximum Gasteiger partial charge on any atom is 0.416 e. The van der Waals surface area contributed by atoms with Crippen LogP contribution in [-0.4, -0.2) is 41.7 Å². The lowest BCUT2D eigenvalue weighted by Crippen LogP contribution is -2.36. The predicted octanol–water partition coefficient (Wildman–Crippen LogP) is 5.19. The van der Waals surface area contributed by atoms with Gasteiger partial charge in [-0.2, -0.15) is 13.2 Å². The van der Waals surface area contributed by atoms with E-state index >= 15 is 0 Å². The summed E-state index contributed by atoms with van der Waals surface area (Å²) in [5.41, 5.74) is -3.48. The van der Waals surface area contributed by atoms with Crippen LogP contribution < -0.4 is 5.56 Å². The van der Waals surface area contributed by atoms with E-state index in [1.54, 1.807) is 34.9 Å². The number of nitrogens with zero attached hydrogens (tertiary/aromatic N) is 2. The number of hydrogen-bond acceptors (Lipinski definition) is 4. The van der Waals surface area contributed by atoms with Gasteiger partial charge in [-0.25, -0.2) is 9.18 Å². The number of benzene rings is 1. The second kappa shape index (κ2) is 10.4. The average Bonchev–Trinajstić information content (AvgIpc) is 2.64. The third-order valence-electron chi connectivity index (χ3n) is 4.68. The van der Waals surface area contributed by atoms with Crippen molar-refractivity contribution >= 4 is 21.9 Å². The van der Waals surface area contributed by atoms with Crippen molar-refractivity contribution in [2.24, 2.45) is 0 Å². The molecule has 0 aliphatic carbocycles. The first-order valence-corrected chi connectivity index (χ1v) is 11.0. The molecule has 0 saturated heterocycles. The molecule has 0 bridgehead atoms. The molecule has 10 heteroatoms. The van der Waals surface area contributed by atoms with Crippen molar-refractivity contribution in [3.63, 3.8) is 0 Å². The van der Waals surface area contributed by atoms with Crippen LogP contribution in [0.2, 0.25) is 0 Å². The summed E-state index contributed by atoms with van der Waals surface area (Å²) in [7, 11) is 3.58. The highest BCUT2D eigenvalue weighted by molar-refractivity contribution is 9.10. The monoisotopic (exact) mass is 534 g/mol. The smallest absolute Gasteiger partial charge is 0.416 e. The first-order valence-electron chi connectivity index (χ1n) is 10.2. The highest BCUT2D eigenvalue weighted by Crippen LogP contribution is 2.33. The molecule has 0 saturated carbocycles. The third kappa shape index (κ3) is 7.40. The van der Waals surface area contributed by atoms with Crippen molar-refractivity contribution < 1.29 is 27.1 Å². The summed E-state index contributed by atoms with van der Waals surface area (Å²) in [5.74, 6) is -1.75. The van der Waals surface area contributed by atoms with Crippen LogP contribution in [0.1, 0.15) is 49.9 Å². The average molecular weight is 535 g/mol. The minimum Gasteiger partial charge on any atom is -0.458 e. The maximum absolute atomic E-state index is 14.8. The van der Waals surface area contributed by atoms with Gasteiger partial charge in [0.15, 0.2) is 6.04 Å². The Bertz CT molecular complexity index is 1060. The van der Waals surface area contributed by atoms with Crippen LogP contribution in [0, 0.1) is 5.82 Å². The SMILES string of the molecule is CN(C)CCCc1cn(C(C(=O)OC(C)(C)C)c2cc(Br)ccc2F)c(=O)cc1C(F)(F)F. The highest BCUT2D eigenvalue weighted by Gasteiger charge is 2.37. The number of hydrogen-bond donors (Lipinski definition) is 0. The second-order valence-electron chi connectivity index (χ2n) is 8.96. The number of rotatable bonds is 7. The van der Waals surface area contributed by atoms with E-state index in [4.69, 9.17) is 4.74 Å². The summed E-state index contributed by atoms with van der Waals surface area (Å²) in [6, 6.07) is 2.67. The Kier molecular flexibility index (Phi) is 8.51. The lowest BCUT2D eigenvalue weighted by atomic mass is 10.0. The van der Waals surface area contributed by atoms with Gasteiger partial charge >= 0.3 is 12.1 Å². The number of pyridine rings is 1. The molecule has 0 radical (unpaired) electrons. The molecular weight excluding hydrogens is 508 g/mol. The van der Waals surface area contributed by atoms with Crippen LogP contribution in [0.5, 0.6) is 0 Å². The molecule has 33 heavy (non-hydrogen) atoms. The standard InChI is InChI=1S/C23H27BrF4N2O3/c1-22(2,3)33-21(32)20(16-11-15(24)8-9-18(16)25)30-13-14(7-6-10-29(4)5)17(12-19(30)31)23(26,27)28/h8-9,11-13,20H,6-7,10H2,1-5H3. The molecule has 182 valence electrons. The molecule has 1 unspecified atom stereocenters. The molecule has 2 aromatic rings. The van der Waals surface area contributed by atoms with E-state index in [0.29, 0.717) is 23.5 Å². The lowest BCUT2D eigenvalue weighted by Gasteiger charge is -2.26. The largest absolute Gasteiger partial charge is 0.458 e. The predicted molar refractivity (Wildman–Crippen MR) is 121 cm³/mol. The van der Waals surface area contributed by atoms with E-state index in [0.717, 1.165) is 16.8 Å². The molecule has 0 aliphatic rings. The third-order valence-corrected chi connectivity index (χ3v) is 5.17. The lowest BCUT2D eigenvalue weighted by molar-refractivity contribution is -0.157. The molecule has 2 rings (SSSR count). The summed E-state index contributed by atoms with van der Waals surface area (Å²) < 4.78 is 62.4. The van der Waals surface area contributed by atoms with Crippen LogP contribution in [-0.2, 0) is 22.1 Å². The number of aromatic nitrogens is 1. The van der Waals surface area contributed by atoms with E-state index in [-0.39, 0.29) is 17.5 Å².